The van der Waals surface area contributed by atoms with Crippen LogP contribution in [0.5, 0.6) is 0 Å². The standard InChI is InChI=1S/C6H10O.C6H12/c1-3-5-7-6-4-2;1-2-4-6-5-3-1/h3-4H,1-2,5-6H2;1-6H2. The highest BCUT2D eigenvalue weighted by Gasteiger charge is 1.95. The Morgan fingerprint density at radius 3 is 1.31 bits per heavy atom. The fraction of sp³-hybridized carbons (Fsp3) is 0.667. The smallest absolute Gasteiger partial charge is 0.0649 e. The molecule has 0 unspecified atom stereocenters. The number of hydrogen-bond acceptors (Lipinski definition) is 1. The van der Waals surface area contributed by atoms with E-state index in [1.54, 1.807) is 12.2 Å². The first-order valence-corrected chi connectivity index (χ1v) is 5.21. The topological polar surface area (TPSA) is 9.23 Å². The van der Waals surface area contributed by atoms with Crippen molar-refractivity contribution in [2.24, 2.45) is 0 Å². The first kappa shape index (κ1) is 12.4. The zero-order valence-corrected chi connectivity index (χ0v) is 8.63. The Hall–Kier alpha value is -0.560. The molecule has 13 heavy (non-hydrogen) atoms. The highest BCUT2D eigenvalue weighted by Crippen LogP contribution is 2.15. The van der Waals surface area contributed by atoms with Crippen LogP contribution < -0.4 is 0 Å². The van der Waals surface area contributed by atoms with E-state index in [4.69, 9.17) is 4.74 Å². The lowest BCUT2D eigenvalue weighted by Crippen LogP contribution is -1.87. The molecule has 0 aliphatic heterocycles. The zero-order valence-electron chi connectivity index (χ0n) is 8.63. The van der Waals surface area contributed by atoms with Gasteiger partial charge in [-0.1, -0.05) is 50.7 Å². The average Bonchev–Trinajstić information content (AvgIpc) is 2.22. The summed E-state index contributed by atoms with van der Waals surface area (Å²) in [6, 6.07) is 0. The molecule has 1 aliphatic carbocycles. The fourth-order valence-electron chi connectivity index (χ4n) is 1.30. The van der Waals surface area contributed by atoms with Crippen molar-refractivity contribution < 1.29 is 4.74 Å². The van der Waals surface area contributed by atoms with Crippen LogP contribution in [0.25, 0.3) is 0 Å². The van der Waals surface area contributed by atoms with E-state index in [1.807, 2.05) is 0 Å². The minimum Gasteiger partial charge on any atom is -0.373 e. The second-order valence-electron chi connectivity index (χ2n) is 3.24. The summed E-state index contributed by atoms with van der Waals surface area (Å²) in [5.74, 6) is 0. The molecule has 0 bridgehead atoms. The summed E-state index contributed by atoms with van der Waals surface area (Å²) in [5, 5.41) is 0. The Morgan fingerprint density at radius 1 is 0.769 bits per heavy atom. The maximum Gasteiger partial charge on any atom is 0.0649 e. The predicted molar refractivity (Wildman–Crippen MR) is 58.9 cm³/mol. The third-order valence-corrected chi connectivity index (χ3v) is 1.97. The van der Waals surface area contributed by atoms with E-state index < -0.39 is 0 Å². The Balaban J connectivity index is 0.000000223. The summed E-state index contributed by atoms with van der Waals surface area (Å²) in [7, 11) is 0. The van der Waals surface area contributed by atoms with Gasteiger partial charge in [-0.25, -0.2) is 0 Å². The maximum absolute atomic E-state index is 4.90. The minimum atomic E-state index is 0.617. The molecule has 1 saturated carbocycles. The molecule has 1 nitrogen and oxygen atoms in total. The molecule has 0 amide bonds. The zero-order chi connectivity index (χ0) is 9.78. The first-order valence-electron chi connectivity index (χ1n) is 5.21. The fourth-order valence-corrected chi connectivity index (χ4v) is 1.30. The van der Waals surface area contributed by atoms with E-state index in [0.717, 1.165) is 0 Å². The van der Waals surface area contributed by atoms with Crippen LogP contribution in [0.3, 0.4) is 0 Å². The Labute approximate surface area is 82.5 Å². The lowest BCUT2D eigenvalue weighted by Gasteiger charge is -2.05. The van der Waals surface area contributed by atoms with Gasteiger partial charge in [0.15, 0.2) is 0 Å². The molecule has 0 aromatic carbocycles. The predicted octanol–water partition coefficient (Wildman–Crippen LogP) is 3.72. The molecule has 0 spiro atoms. The SMILES string of the molecule is C1CCCCC1.C=CCOCC=C. The lowest BCUT2D eigenvalue weighted by atomic mass is 10.0. The minimum absolute atomic E-state index is 0.617. The summed E-state index contributed by atoms with van der Waals surface area (Å²) in [6.45, 7) is 8.18. The molecule has 1 rings (SSSR count). The largest absolute Gasteiger partial charge is 0.373 e. The van der Waals surface area contributed by atoms with Crippen LogP contribution in [0.15, 0.2) is 25.3 Å². The molecular formula is C12H22O. The van der Waals surface area contributed by atoms with Gasteiger partial charge in [-0.3, -0.25) is 0 Å². The van der Waals surface area contributed by atoms with Gasteiger partial charge in [0, 0.05) is 0 Å². The van der Waals surface area contributed by atoms with Gasteiger partial charge in [-0.2, -0.15) is 0 Å². The van der Waals surface area contributed by atoms with Crippen molar-refractivity contribution in [1.29, 1.82) is 0 Å². The van der Waals surface area contributed by atoms with Crippen LogP contribution in [0, 0.1) is 0 Å². The second-order valence-corrected chi connectivity index (χ2v) is 3.24. The van der Waals surface area contributed by atoms with Gasteiger partial charge in [0.05, 0.1) is 13.2 Å². The molecule has 1 fully saturated rings. The van der Waals surface area contributed by atoms with E-state index in [-0.39, 0.29) is 0 Å². The van der Waals surface area contributed by atoms with E-state index >= 15 is 0 Å². The molecule has 76 valence electrons. The van der Waals surface area contributed by atoms with Crippen molar-refractivity contribution in [2.75, 3.05) is 13.2 Å². The quantitative estimate of drug-likeness (QED) is 0.475. The Bertz CT molecular complexity index is 94.8. The third kappa shape index (κ3) is 11.4. The average molecular weight is 182 g/mol. The number of hydrogen-bond donors (Lipinski definition) is 0. The maximum atomic E-state index is 4.90. The Morgan fingerprint density at radius 2 is 1.08 bits per heavy atom. The summed E-state index contributed by atoms with van der Waals surface area (Å²) in [5.41, 5.74) is 0. The highest BCUT2D eigenvalue weighted by molar-refractivity contribution is 4.68. The molecule has 1 aliphatic rings. The molecule has 0 aromatic rings. The molecule has 1 heteroatoms. The van der Waals surface area contributed by atoms with Gasteiger partial charge in [-0.15, -0.1) is 13.2 Å². The van der Waals surface area contributed by atoms with Crippen LogP contribution >= 0.6 is 0 Å². The summed E-state index contributed by atoms with van der Waals surface area (Å²) in [4.78, 5) is 0. The van der Waals surface area contributed by atoms with Crippen molar-refractivity contribution in [3.8, 4) is 0 Å². The van der Waals surface area contributed by atoms with Gasteiger partial charge in [0.25, 0.3) is 0 Å². The summed E-state index contributed by atoms with van der Waals surface area (Å²) >= 11 is 0. The van der Waals surface area contributed by atoms with Crippen molar-refractivity contribution in [3.05, 3.63) is 25.3 Å². The van der Waals surface area contributed by atoms with Crippen LogP contribution in [-0.4, -0.2) is 13.2 Å². The third-order valence-electron chi connectivity index (χ3n) is 1.97. The summed E-state index contributed by atoms with van der Waals surface area (Å²) < 4.78 is 4.90. The van der Waals surface area contributed by atoms with E-state index in [0.29, 0.717) is 13.2 Å². The van der Waals surface area contributed by atoms with Crippen LogP contribution in [0.1, 0.15) is 38.5 Å². The molecule has 0 radical (unpaired) electrons. The van der Waals surface area contributed by atoms with E-state index in [2.05, 4.69) is 13.2 Å². The van der Waals surface area contributed by atoms with Crippen LogP contribution in [-0.2, 0) is 4.74 Å². The van der Waals surface area contributed by atoms with Gasteiger partial charge < -0.3 is 4.74 Å². The molecule has 0 heterocycles. The van der Waals surface area contributed by atoms with E-state index in [1.165, 1.54) is 38.5 Å². The first-order chi connectivity index (χ1) is 6.41. The van der Waals surface area contributed by atoms with Gasteiger partial charge in [0.1, 0.15) is 0 Å². The van der Waals surface area contributed by atoms with Crippen molar-refractivity contribution in [3.63, 3.8) is 0 Å². The molecule has 0 aromatic heterocycles. The van der Waals surface area contributed by atoms with E-state index in [9.17, 15) is 0 Å². The van der Waals surface area contributed by atoms with Crippen LogP contribution in [0.2, 0.25) is 0 Å². The number of rotatable bonds is 4. The van der Waals surface area contributed by atoms with Crippen molar-refractivity contribution >= 4 is 0 Å². The molecular weight excluding hydrogens is 160 g/mol. The normalized spacial score (nSPS) is 15.4. The molecule has 0 saturated heterocycles. The monoisotopic (exact) mass is 182 g/mol. The molecule has 0 N–H and O–H groups in total. The van der Waals surface area contributed by atoms with Gasteiger partial charge >= 0.3 is 0 Å². The van der Waals surface area contributed by atoms with Crippen molar-refractivity contribution in [2.45, 2.75) is 38.5 Å². The molecule has 0 atom stereocenters. The van der Waals surface area contributed by atoms with Crippen molar-refractivity contribution in [1.82, 2.24) is 0 Å². The Kier molecular flexibility index (Phi) is 10.9. The van der Waals surface area contributed by atoms with Gasteiger partial charge in [0.2, 0.25) is 0 Å². The number of ether oxygens (including phenoxy) is 1. The summed E-state index contributed by atoms with van der Waals surface area (Å²) in [6.07, 6.45) is 12.4. The second kappa shape index (κ2) is 11.4. The van der Waals surface area contributed by atoms with Gasteiger partial charge in [-0.05, 0) is 0 Å². The highest BCUT2D eigenvalue weighted by atomic mass is 16.5. The lowest BCUT2D eigenvalue weighted by molar-refractivity contribution is 0.194. The van der Waals surface area contributed by atoms with Crippen LogP contribution in [0.4, 0.5) is 0 Å².